The molecular formula is C19H25N5O5. The largest absolute Gasteiger partial charge is 0.491 e. The molecule has 3 rings (SSSR count). The van der Waals surface area contributed by atoms with Gasteiger partial charge in [0.25, 0.3) is 5.56 Å². The minimum absolute atomic E-state index is 0.00556. The first-order chi connectivity index (χ1) is 13.8. The summed E-state index contributed by atoms with van der Waals surface area (Å²) in [6.07, 6.45) is -1.59. The molecular weight excluding hydrogens is 378 g/mol. The van der Waals surface area contributed by atoms with Crippen molar-refractivity contribution in [3.05, 3.63) is 51.2 Å². The van der Waals surface area contributed by atoms with Gasteiger partial charge in [0.1, 0.15) is 18.5 Å². The van der Waals surface area contributed by atoms with Crippen molar-refractivity contribution >= 4 is 17.1 Å². The molecule has 1 aromatic carbocycles. The third-order valence-corrected chi connectivity index (χ3v) is 4.48. The van der Waals surface area contributed by atoms with E-state index in [1.165, 1.54) is 23.2 Å². The lowest BCUT2D eigenvalue weighted by molar-refractivity contribution is 0.0938. The van der Waals surface area contributed by atoms with Crippen LogP contribution in [0, 0.1) is 0 Å². The molecule has 3 N–H and O–H groups in total. The average molecular weight is 403 g/mol. The molecule has 0 saturated carbocycles. The Morgan fingerprint density at radius 1 is 1.14 bits per heavy atom. The fourth-order valence-electron chi connectivity index (χ4n) is 2.97. The van der Waals surface area contributed by atoms with E-state index >= 15 is 0 Å². The van der Waals surface area contributed by atoms with Crippen molar-refractivity contribution in [3.63, 3.8) is 0 Å². The number of nitrogens with one attached hydrogen (secondary N) is 1. The van der Waals surface area contributed by atoms with Crippen LogP contribution in [-0.4, -0.2) is 54.3 Å². The van der Waals surface area contributed by atoms with Crippen molar-refractivity contribution in [1.29, 1.82) is 0 Å². The Kier molecular flexibility index (Phi) is 6.04. The maximum Gasteiger partial charge on any atom is 0.332 e. The maximum absolute atomic E-state index is 12.7. The highest BCUT2D eigenvalue weighted by Gasteiger charge is 2.21. The van der Waals surface area contributed by atoms with Crippen molar-refractivity contribution in [2.75, 3.05) is 18.5 Å². The molecule has 0 fully saturated rings. The van der Waals surface area contributed by atoms with E-state index in [9.17, 15) is 19.8 Å². The van der Waals surface area contributed by atoms with Crippen LogP contribution in [0.4, 0.5) is 5.95 Å². The summed E-state index contributed by atoms with van der Waals surface area (Å²) in [6, 6.07) is 9.07. The summed E-state index contributed by atoms with van der Waals surface area (Å²) in [5.74, 6) is 0.894. The molecule has 0 bridgehead atoms. The van der Waals surface area contributed by atoms with E-state index in [2.05, 4.69) is 10.3 Å². The second-order valence-corrected chi connectivity index (χ2v) is 6.93. The summed E-state index contributed by atoms with van der Waals surface area (Å²) in [4.78, 5) is 29.3. The van der Waals surface area contributed by atoms with Crippen LogP contribution in [0.2, 0.25) is 0 Å². The molecule has 29 heavy (non-hydrogen) atoms. The molecule has 10 nitrogen and oxygen atoms in total. The third kappa shape index (κ3) is 4.33. The zero-order chi connectivity index (χ0) is 21.1. The second-order valence-electron chi connectivity index (χ2n) is 6.93. The Bertz CT molecular complexity index is 1100. The van der Waals surface area contributed by atoms with Crippen LogP contribution < -0.4 is 21.3 Å². The molecule has 3 aromatic rings. The molecule has 0 amide bonds. The van der Waals surface area contributed by atoms with Crippen molar-refractivity contribution in [3.8, 4) is 5.75 Å². The summed E-state index contributed by atoms with van der Waals surface area (Å²) >= 11 is 0. The summed E-state index contributed by atoms with van der Waals surface area (Å²) in [7, 11) is 2.91. The second kappa shape index (κ2) is 8.50. The minimum atomic E-state index is -0.943. The predicted octanol–water partition coefficient (Wildman–Crippen LogP) is -0.334. The van der Waals surface area contributed by atoms with Gasteiger partial charge < -0.3 is 24.8 Å². The summed E-state index contributed by atoms with van der Waals surface area (Å²) in [6.45, 7) is 1.82. The molecule has 2 heterocycles. The van der Waals surface area contributed by atoms with Crippen LogP contribution in [0.25, 0.3) is 11.2 Å². The van der Waals surface area contributed by atoms with E-state index in [0.717, 1.165) is 4.57 Å². The van der Waals surface area contributed by atoms with Gasteiger partial charge >= 0.3 is 5.69 Å². The summed E-state index contributed by atoms with van der Waals surface area (Å²) < 4.78 is 9.36. The number of aliphatic hydroxyl groups excluding tert-OH is 2. The van der Waals surface area contributed by atoms with Gasteiger partial charge in [0.05, 0.1) is 12.6 Å². The number of imidazole rings is 1. The van der Waals surface area contributed by atoms with Crippen LogP contribution in [0.15, 0.2) is 39.9 Å². The van der Waals surface area contributed by atoms with Gasteiger partial charge in [-0.1, -0.05) is 18.2 Å². The smallest absolute Gasteiger partial charge is 0.332 e. The van der Waals surface area contributed by atoms with Crippen molar-refractivity contribution < 1.29 is 14.9 Å². The van der Waals surface area contributed by atoms with Gasteiger partial charge in [-0.2, -0.15) is 4.98 Å². The zero-order valence-corrected chi connectivity index (χ0v) is 16.6. The lowest BCUT2D eigenvalue weighted by Crippen LogP contribution is -2.38. The first-order valence-electron chi connectivity index (χ1n) is 9.23. The van der Waals surface area contributed by atoms with Crippen LogP contribution >= 0.6 is 0 Å². The number of aryl methyl sites for hydroxylation is 1. The topological polar surface area (TPSA) is 124 Å². The number of benzene rings is 1. The number of para-hydroxylation sites is 1. The molecule has 156 valence electrons. The maximum atomic E-state index is 12.7. The number of rotatable bonds is 8. The number of aliphatic hydroxyl groups is 2. The number of ether oxygens (including phenoxy) is 1. The molecule has 0 saturated heterocycles. The van der Waals surface area contributed by atoms with Gasteiger partial charge in [-0.05, 0) is 19.1 Å². The van der Waals surface area contributed by atoms with E-state index in [-0.39, 0.29) is 36.8 Å². The Labute approximate surface area is 166 Å². The minimum Gasteiger partial charge on any atom is -0.491 e. The molecule has 0 spiro atoms. The van der Waals surface area contributed by atoms with Crippen molar-refractivity contribution in [1.82, 2.24) is 18.7 Å². The van der Waals surface area contributed by atoms with Gasteiger partial charge in [-0.25, -0.2) is 4.79 Å². The first kappa shape index (κ1) is 20.6. The molecule has 2 aromatic heterocycles. The Balaban J connectivity index is 1.96. The van der Waals surface area contributed by atoms with Crippen molar-refractivity contribution in [2.24, 2.45) is 14.1 Å². The van der Waals surface area contributed by atoms with Crippen molar-refractivity contribution in [2.45, 2.75) is 25.7 Å². The summed E-state index contributed by atoms with van der Waals surface area (Å²) in [5.41, 5.74) is -0.636. The van der Waals surface area contributed by atoms with Gasteiger partial charge in [-0.15, -0.1) is 0 Å². The monoisotopic (exact) mass is 403 g/mol. The molecule has 0 radical (unpaired) electrons. The fourth-order valence-corrected chi connectivity index (χ4v) is 2.97. The lowest BCUT2D eigenvalue weighted by Gasteiger charge is -2.16. The number of hydrogen-bond donors (Lipinski definition) is 3. The SMILES string of the molecule is C[C@H](O)CNc1nc2c(c(=O)n(C)c(=O)n2C)n1C[C@H](O)COc1ccccc1. The molecule has 0 unspecified atom stereocenters. The van der Waals surface area contributed by atoms with Crippen LogP contribution in [-0.2, 0) is 20.6 Å². The normalized spacial score (nSPS) is 13.4. The number of anilines is 1. The van der Waals surface area contributed by atoms with Gasteiger partial charge in [-0.3, -0.25) is 13.9 Å². The van der Waals surface area contributed by atoms with Gasteiger partial charge in [0.2, 0.25) is 5.95 Å². The number of fused-ring (bicyclic) bond motifs is 1. The fraction of sp³-hybridized carbons (Fsp3) is 0.421. The van der Waals surface area contributed by atoms with E-state index in [0.29, 0.717) is 5.75 Å². The Hall–Kier alpha value is -3.11. The van der Waals surface area contributed by atoms with E-state index in [1.54, 1.807) is 19.1 Å². The number of nitrogens with zero attached hydrogens (tertiary/aromatic N) is 4. The predicted molar refractivity (Wildman–Crippen MR) is 108 cm³/mol. The molecule has 0 aliphatic heterocycles. The molecule has 2 atom stereocenters. The highest BCUT2D eigenvalue weighted by molar-refractivity contribution is 5.74. The first-order valence-corrected chi connectivity index (χ1v) is 9.23. The lowest BCUT2D eigenvalue weighted by atomic mass is 10.3. The summed E-state index contributed by atoms with van der Waals surface area (Å²) in [5, 5.41) is 23.0. The van der Waals surface area contributed by atoms with E-state index in [1.807, 2.05) is 18.2 Å². The standard InChI is InChI=1S/C19H25N5O5/c1-12(25)9-20-18-21-16-15(17(27)23(3)19(28)22(16)2)24(18)10-13(26)11-29-14-7-5-4-6-8-14/h4-8,12-13,25-26H,9-11H2,1-3H3,(H,20,21)/t12-,13-/m0/s1. The third-order valence-electron chi connectivity index (χ3n) is 4.48. The van der Waals surface area contributed by atoms with Gasteiger partial charge in [0, 0.05) is 20.6 Å². The van der Waals surface area contributed by atoms with Gasteiger partial charge in [0.15, 0.2) is 11.2 Å². The zero-order valence-electron chi connectivity index (χ0n) is 16.6. The van der Waals surface area contributed by atoms with E-state index < -0.39 is 23.5 Å². The highest BCUT2D eigenvalue weighted by Crippen LogP contribution is 2.17. The Morgan fingerprint density at radius 3 is 2.48 bits per heavy atom. The molecule has 10 heteroatoms. The average Bonchev–Trinajstić information content (AvgIpc) is 3.06. The van der Waals surface area contributed by atoms with E-state index in [4.69, 9.17) is 4.74 Å². The van der Waals surface area contributed by atoms with Crippen LogP contribution in [0.1, 0.15) is 6.92 Å². The number of hydrogen-bond acceptors (Lipinski definition) is 7. The van der Waals surface area contributed by atoms with Crippen LogP contribution in [0.5, 0.6) is 5.75 Å². The Morgan fingerprint density at radius 2 is 1.83 bits per heavy atom. The number of aromatic nitrogens is 4. The molecule has 0 aliphatic rings. The highest BCUT2D eigenvalue weighted by atomic mass is 16.5. The molecule has 0 aliphatic carbocycles. The quantitative estimate of drug-likeness (QED) is 0.470. The van der Waals surface area contributed by atoms with Crippen LogP contribution in [0.3, 0.4) is 0 Å².